The van der Waals surface area contributed by atoms with Gasteiger partial charge in [0.15, 0.2) is 0 Å². The lowest BCUT2D eigenvalue weighted by molar-refractivity contribution is 0.517. The summed E-state index contributed by atoms with van der Waals surface area (Å²) >= 11 is 3.30. The normalized spacial score (nSPS) is 12.7. The minimum absolute atomic E-state index is 0.0221. The van der Waals surface area contributed by atoms with E-state index < -0.39 is 0 Å². The van der Waals surface area contributed by atoms with Crippen LogP contribution in [0.3, 0.4) is 0 Å². The molecule has 0 saturated heterocycles. The van der Waals surface area contributed by atoms with Gasteiger partial charge in [-0.05, 0) is 43.0 Å². The highest BCUT2D eigenvalue weighted by Gasteiger charge is 2.22. The third-order valence-electron chi connectivity index (χ3n) is 5.77. The maximum absolute atomic E-state index is 12.8. The summed E-state index contributed by atoms with van der Waals surface area (Å²) in [6.45, 7) is 8.58. The molecule has 5 aromatic rings. The predicted octanol–water partition coefficient (Wildman–Crippen LogP) is 5.80. The number of benzene rings is 1. The molecule has 28 heavy (non-hydrogen) atoms. The summed E-state index contributed by atoms with van der Waals surface area (Å²) in [5, 5.41) is 3.39. The lowest BCUT2D eigenvalue weighted by Crippen LogP contribution is -2.13. The molecule has 0 radical (unpaired) electrons. The number of nitrogens with one attached hydrogen (secondary N) is 2. The number of H-pyrrole nitrogens is 2. The van der Waals surface area contributed by atoms with Crippen molar-refractivity contribution < 1.29 is 0 Å². The molecule has 0 amide bonds. The largest absolute Gasteiger partial charge is 0.321 e. The summed E-state index contributed by atoms with van der Waals surface area (Å²) in [6, 6.07) is 7.97. The zero-order valence-corrected chi connectivity index (χ0v) is 17.8. The fourth-order valence-corrected chi connectivity index (χ4v) is 6.11. The van der Waals surface area contributed by atoms with Crippen LogP contribution in [0.2, 0.25) is 0 Å². The van der Waals surface area contributed by atoms with E-state index in [4.69, 9.17) is 0 Å². The van der Waals surface area contributed by atoms with E-state index in [9.17, 15) is 9.59 Å². The van der Waals surface area contributed by atoms with Gasteiger partial charge in [-0.1, -0.05) is 20.8 Å². The number of aromatic amines is 2. The summed E-state index contributed by atoms with van der Waals surface area (Å²) in [5.41, 5.74) is 1.52. The first kappa shape index (κ1) is 17.6. The summed E-state index contributed by atoms with van der Waals surface area (Å²) in [5.74, 6) is 0. The van der Waals surface area contributed by atoms with E-state index in [-0.39, 0.29) is 16.5 Å². The highest BCUT2D eigenvalue weighted by molar-refractivity contribution is 7.20. The molecule has 4 nitrogen and oxygen atoms in total. The molecule has 0 bridgehead atoms. The Morgan fingerprint density at radius 1 is 0.821 bits per heavy atom. The Bertz CT molecular complexity index is 1530. The van der Waals surface area contributed by atoms with Crippen molar-refractivity contribution >= 4 is 64.7 Å². The van der Waals surface area contributed by atoms with Crippen LogP contribution < -0.4 is 11.1 Å². The molecule has 1 aromatic carbocycles. The van der Waals surface area contributed by atoms with E-state index in [1.807, 2.05) is 31.2 Å². The quantitative estimate of drug-likeness (QED) is 0.363. The van der Waals surface area contributed by atoms with Crippen LogP contribution in [0, 0.1) is 6.92 Å². The third kappa shape index (κ3) is 2.41. The highest BCUT2D eigenvalue weighted by Crippen LogP contribution is 2.39. The Labute approximate surface area is 168 Å². The Morgan fingerprint density at radius 2 is 1.36 bits per heavy atom. The second-order valence-electron chi connectivity index (χ2n) is 8.04. The van der Waals surface area contributed by atoms with Crippen LogP contribution in [-0.2, 0) is 5.41 Å². The first-order valence-electron chi connectivity index (χ1n) is 9.34. The van der Waals surface area contributed by atoms with Gasteiger partial charge in [0.1, 0.15) is 0 Å². The van der Waals surface area contributed by atoms with Crippen molar-refractivity contribution in [3.63, 3.8) is 0 Å². The van der Waals surface area contributed by atoms with E-state index >= 15 is 0 Å². The fraction of sp³-hybridized carbons (Fsp3) is 0.273. The van der Waals surface area contributed by atoms with E-state index in [0.29, 0.717) is 5.39 Å². The van der Waals surface area contributed by atoms with Crippen molar-refractivity contribution in [2.75, 3.05) is 0 Å². The lowest BCUT2D eigenvalue weighted by atomic mass is 9.88. The molecule has 4 aromatic heterocycles. The molecule has 0 fully saturated rings. The van der Waals surface area contributed by atoms with Crippen LogP contribution in [0.5, 0.6) is 0 Å². The molecule has 0 aliphatic heterocycles. The SMILES string of the molecule is CCC(C)(C)c1cc2c(=O)[nH]c3cc4c(cc3c2s1)[nH]c(=O)c1cc(C)sc14. The van der Waals surface area contributed by atoms with Gasteiger partial charge in [-0.3, -0.25) is 9.59 Å². The number of fused-ring (bicyclic) bond motifs is 6. The van der Waals surface area contributed by atoms with Gasteiger partial charge >= 0.3 is 0 Å². The second-order valence-corrected chi connectivity index (χ2v) is 10.4. The average molecular weight is 409 g/mol. The van der Waals surface area contributed by atoms with E-state index in [0.717, 1.165) is 47.9 Å². The molecule has 0 spiro atoms. The van der Waals surface area contributed by atoms with Crippen molar-refractivity contribution in [3.8, 4) is 0 Å². The second kappa shape index (κ2) is 5.78. The molecule has 142 valence electrons. The van der Waals surface area contributed by atoms with Gasteiger partial charge in [0, 0.05) is 29.9 Å². The Hall–Kier alpha value is -2.44. The van der Waals surface area contributed by atoms with Gasteiger partial charge < -0.3 is 9.97 Å². The minimum atomic E-state index is -0.0640. The molecule has 2 N–H and O–H groups in total. The molecule has 5 rings (SSSR count). The van der Waals surface area contributed by atoms with Crippen LogP contribution in [0.25, 0.3) is 42.0 Å². The molecule has 0 unspecified atom stereocenters. The fourth-order valence-electron chi connectivity index (χ4n) is 3.71. The van der Waals surface area contributed by atoms with Gasteiger partial charge in [-0.2, -0.15) is 0 Å². The maximum atomic E-state index is 12.8. The summed E-state index contributed by atoms with van der Waals surface area (Å²) in [6.07, 6.45) is 1.00. The van der Waals surface area contributed by atoms with Crippen molar-refractivity contribution in [2.24, 2.45) is 0 Å². The van der Waals surface area contributed by atoms with Crippen molar-refractivity contribution in [1.29, 1.82) is 0 Å². The molecular weight excluding hydrogens is 388 g/mol. The van der Waals surface area contributed by atoms with Crippen LogP contribution in [0.15, 0.2) is 33.9 Å². The van der Waals surface area contributed by atoms with E-state index in [2.05, 4.69) is 30.7 Å². The number of aromatic nitrogens is 2. The Balaban J connectivity index is 1.94. The standard InChI is InChI=1S/C22H20N2O2S2/c1-5-22(3,4)17-9-14-19(28-17)12-8-15-11(7-16(12)24-21(14)26)18-13(20(25)23-15)6-10(2)27-18/h6-9H,5H2,1-4H3,(H,23,25)(H,24,26). The number of rotatable bonds is 2. The van der Waals surface area contributed by atoms with Crippen LogP contribution >= 0.6 is 22.7 Å². The third-order valence-corrected chi connectivity index (χ3v) is 8.39. The minimum Gasteiger partial charge on any atom is -0.321 e. The monoisotopic (exact) mass is 408 g/mol. The van der Waals surface area contributed by atoms with Crippen molar-refractivity contribution in [1.82, 2.24) is 9.97 Å². The molecule has 6 heteroatoms. The Kier molecular flexibility index (Phi) is 3.64. The number of pyridine rings is 2. The number of hydrogen-bond donors (Lipinski definition) is 2. The average Bonchev–Trinajstić information content (AvgIpc) is 3.26. The topological polar surface area (TPSA) is 65.7 Å². The molecule has 4 heterocycles. The first-order valence-corrected chi connectivity index (χ1v) is 11.0. The number of hydrogen-bond acceptors (Lipinski definition) is 4. The molecule has 0 atom stereocenters. The Morgan fingerprint density at radius 3 is 1.93 bits per heavy atom. The van der Waals surface area contributed by atoms with E-state index in [1.54, 1.807) is 22.7 Å². The molecule has 0 aliphatic rings. The zero-order valence-electron chi connectivity index (χ0n) is 16.1. The van der Waals surface area contributed by atoms with Crippen molar-refractivity contribution in [3.05, 3.63) is 54.7 Å². The van der Waals surface area contributed by atoms with Crippen LogP contribution in [-0.4, -0.2) is 9.97 Å². The maximum Gasteiger partial charge on any atom is 0.257 e. The number of thiophene rings is 2. The molecule has 0 aliphatic carbocycles. The van der Waals surface area contributed by atoms with E-state index in [1.165, 1.54) is 4.88 Å². The van der Waals surface area contributed by atoms with Gasteiger partial charge in [0.25, 0.3) is 11.1 Å². The van der Waals surface area contributed by atoms with Gasteiger partial charge in [-0.15, -0.1) is 22.7 Å². The summed E-state index contributed by atoms with van der Waals surface area (Å²) in [7, 11) is 0. The predicted molar refractivity (Wildman–Crippen MR) is 122 cm³/mol. The zero-order chi connectivity index (χ0) is 19.8. The first-order chi connectivity index (χ1) is 13.3. The molecule has 0 saturated carbocycles. The lowest BCUT2D eigenvalue weighted by Gasteiger charge is -2.20. The van der Waals surface area contributed by atoms with Gasteiger partial charge in [-0.25, -0.2) is 0 Å². The number of aryl methyl sites for hydroxylation is 1. The van der Waals surface area contributed by atoms with Gasteiger partial charge in [0.05, 0.1) is 21.8 Å². The summed E-state index contributed by atoms with van der Waals surface area (Å²) < 4.78 is 1.96. The summed E-state index contributed by atoms with van der Waals surface area (Å²) in [4.78, 5) is 33.7. The van der Waals surface area contributed by atoms with Crippen LogP contribution in [0.1, 0.15) is 36.9 Å². The van der Waals surface area contributed by atoms with Gasteiger partial charge in [0.2, 0.25) is 0 Å². The molecular formula is C22H20N2O2S2. The smallest absolute Gasteiger partial charge is 0.257 e. The van der Waals surface area contributed by atoms with Crippen LogP contribution in [0.4, 0.5) is 0 Å². The van der Waals surface area contributed by atoms with Crippen molar-refractivity contribution in [2.45, 2.75) is 39.5 Å². The highest BCUT2D eigenvalue weighted by atomic mass is 32.1.